The molecular formula is C72H68Cu2N2O18P2. The topological polar surface area (TPSA) is 414 Å². The molecule has 96 heavy (non-hydrogen) atoms. The summed E-state index contributed by atoms with van der Waals surface area (Å²) >= 11 is 0. The molecule has 10 rings (SSSR count). The van der Waals surface area contributed by atoms with Crippen molar-refractivity contribution in [1.82, 2.24) is 9.80 Å². The second-order valence-corrected chi connectivity index (χ2v) is 26.9. The van der Waals surface area contributed by atoms with E-state index < -0.39 is 88.0 Å². The van der Waals surface area contributed by atoms with E-state index >= 15 is 0 Å². The van der Waals surface area contributed by atoms with Crippen LogP contribution < -0.4 is 73.1 Å². The van der Waals surface area contributed by atoms with Crippen molar-refractivity contribution in [3.05, 3.63) is 301 Å². The van der Waals surface area contributed by atoms with Crippen LogP contribution in [0, 0.1) is 0 Å². The predicted molar refractivity (Wildman–Crippen MR) is 353 cm³/mol. The minimum Gasteiger partial charge on any atom is -0.872 e. The number of hydrogen-bond acceptors (Lipinski definition) is 14. The van der Waals surface area contributed by atoms with Crippen LogP contribution in [0.25, 0.3) is 0 Å². The molecule has 2 radical (unpaired) electrons. The SMILES string of the molecule is O.O.O.O.O=C([O-])CN(CC(=O)[O-])Cc1cc(C(=O)O)ccc1[O-].O=C([O-])CN(CC(=O)[O-])Cc1cc(C(=O)O)ccc1[O-].[Cu+2].[Cu+2].c1ccc([P+](c2ccccc2)(c2ccccc2)c2ccccc2)cc1.c1ccc([P+](c2ccccc2)(c2ccccc2)c2ccccc2)cc1. The second kappa shape index (κ2) is 41.9. The summed E-state index contributed by atoms with van der Waals surface area (Å²) in [5, 5.41) is 93.8. The van der Waals surface area contributed by atoms with Crippen LogP contribution in [0.3, 0.4) is 0 Å². The van der Waals surface area contributed by atoms with Gasteiger partial charge in [0.2, 0.25) is 0 Å². The summed E-state index contributed by atoms with van der Waals surface area (Å²) in [7, 11) is -3.81. The van der Waals surface area contributed by atoms with E-state index in [0.717, 1.165) is 46.2 Å². The third kappa shape index (κ3) is 22.8. The van der Waals surface area contributed by atoms with Crippen molar-refractivity contribution in [2.45, 2.75) is 13.1 Å². The number of aliphatic carboxylic acids is 4. The maximum atomic E-state index is 11.6. The standard InChI is InChI=1S/2C24H20P.2C12H13NO7.2Cu.4H2O/c2*1-5-13-21(14-6-1)25(22-15-7-2-8-16-22,23-17-9-3-10-18-23)24-19-11-4-12-20-24;2*14-9-2-1-7(12(19)20)3-8(9)4-13(5-10(15)16)6-11(17)18;;;;;;/h2*1-20H;2*1-3,14H,4-6H2,(H,15,16)(H,17,18)(H,19,20);;;4*1H2/q2*+1;;;2*+2;;;;/p-6. The molecule has 0 fully saturated rings. The summed E-state index contributed by atoms with van der Waals surface area (Å²) in [6.07, 6.45) is 0. The molecular weight excluding hydrogens is 1370 g/mol. The second-order valence-electron chi connectivity index (χ2n) is 20.1. The molecule has 10 aromatic rings. The zero-order valence-electron chi connectivity index (χ0n) is 51.0. The number of carbonyl (C=O) groups is 6. The minimum absolute atomic E-state index is 0. The molecule has 24 heteroatoms. The molecule has 0 saturated carbocycles. The van der Waals surface area contributed by atoms with Gasteiger partial charge in [0, 0.05) is 39.3 Å². The third-order valence-corrected chi connectivity index (χ3v) is 22.5. The summed E-state index contributed by atoms with van der Waals surface area (Å²) in [5.41, 5.74) is -0.345. The number of rotatable bonds is 22. The van der Waals surface area contributed by atoms with E-state index in [1.165, 1.54) is 42.4 Å². The first kappa shape index (κ1) is 84.3. The maximum absolute atomic E-state index is 11.6. The average molecular weight is 1440 g/mol. The van der Waals surface area contributed by atoms with Crippen molar-refractivity contribution in [1.29, 1.82) is 0 Å². The normalized spacial score (nSPS) is 10.2. The number of carboxylic acids is 6. The molecule has 10 N–H and O–H groups in total. The Labute approximate surface area is 576 Å². The molecule has 0 unspecified atom stereocenters. The third-order valence-electron chi connectivity index (χ3n) is 14.0. The van der Waals surface area contributed by atoms with E-state index in [-0.39, 0.29) is 91.4 Å². The molecule has 0 spiro atoms. The molecule has 20 nitrogen and oxygen atoms in total. The molecule has 0 aliphatic carbocycles. The fourth-order valence-electron chi connectivity index (χ4n) is 10.2. The molecule has 0 heterocycles. The monoisotopic (exact) mass is 1440 g/mol. The van der Waals surface area contributed by atoms with Crippen LogP contribution >= 0.6 is 14.5 Å². The van der Waals surface area contributed by atoms with E-state index in [1.54, 1.807) is 0 Å². The summed E-state index contributed by atoms with van der Waals surface area (Å²) in [6, 6.07) is 94.1. The van der Waals surface area contributed by atoms with Gasteiger partial charge in [0.1, 0.15) is 57.0 Å². The zero-order valence-corrected chi connectivity index (χ0v) is 54.7. The van der Waals surface area contributed by atoms with E-state index in [0.29, 0.717) is 0 Å². The Balaban J connectivity index is 0.000000631. The van der Waals surface area contributed by atoms with Gasteiger partial charge in [-0.1, -0.05) is 158 Å². The van der Waals surface area contributed by atoms with E-state index in [4.69, 9.17) is 10.2 Å². The van der Waals surface area contributed by atoms with Gasteiger partial charge >= 0.3 is 46.1 Å². The van der Waals surface area contributed by atoms with Crippen molar-refractivity contribution >= 4 is 92.8 Å². The van der Waals surface area contributed by atoms with Crippen molar-refractivity contribution in [2.24, 2.45) is 0 Å². The summed E-state index contributed by atoms with van der Waals surface area (Å²) in [6.45, 7) is -3.53. The number of nitrogens with zero attached hydrogens (tertiary/aromatic N) is 2. The number of hydrogen-bond donors (Lipinski definition) is 2. The van der Waals surface area contributed by atoms with Gasteiger partial charge in [-0.15, -0.1) is 11.5 Å². The Morgan fingerprint density at radius 2 is 0.458 bits per heavy atom. The fraction of sp³-hybridized carbons (Fsp3) is 0.0833. The van der Waals surface area contributed by atoms with Crippen LogP contribution in [0.1, 0.15) is 31.8 Å². The molecule has 10 aromatic carbocycles. The summed E-state index contributed by atoms with van der Waals surface area (Å²) in [4.78, 5) is 65.4. The minimum atomic E-state index is -1.91. The molecule has 0 aliphatic heterocycles. The van der Waals surface area contributed by atoms with Crippen LogP contribution in [0.4, 0.5) is 0 Å². The van der Waals surface area contributed by atoms with Gasteiger partial charge in [-0.25, -0.2) is 9.59 Å². The largest absolute Gasteiger partial charge is 2.00 e. The molecule has 0 atom stereocenters. The van der Waals surface area contributed by atoms with E-state index in [9.17, 15) is 59.4 Å². The van der Waals surface area contributed by atoms with Crippen LogP contribution in [-0.4, -0.2) is 104 Å². The fourth-order valence-corrected chi connectivity index (χ4v) is 18.8. The number of aromatic carboxylic acids is 2. The Morgan fingerprint density at radius 3 is 0.604 bits per heavy atom. The van der Waals surface area contributed by atoms with Crippen molar-refractivity contribution in [3.8, 4) is 11.5 Å². The van der Waals surface area contributed by atoms with Crippen molar-refractivity contribution in [2.75, 3.05) is 26.2 Å². The average Bonchev–Trinajstić information content (AvgIpc) is 0.748. The number of benzene rings is 10. The summed E-state index contributed by atoms with van der Waals surface area (Å²) in [5.74, 6) is -9.62. The summed E-state index contributed by atoms with van der Waals surface area (Å²) < 4.78 is 0. The van der Waals surface area contributed by atoms with Gasteiger partial charge in [0.05, 0.1) is 35.0 Å². The first-order chi connectivity index (χ1) is 43.4. The van der Waals surface area contributed by atoms with E-state index in [1.807, 2.05) is 0 Å². The predicted octanol–water partition coefficient (Wildman–Crippen LogP) is -1.17. The quantitative estimate of drug-likeness (QED) is 0.0596. The zero-order chi connectivity index (χ0) is 64.5. The van der Waals surface area contributed by atoms with Crippen LogP contribution in [0.2, 0.25) is 0 Å². The van der Waals surface area contributed by atoms with Gasteiger partial charge in [-0.2, -0.15) is 0 Å². The molecule has 506 valence electrons. The van der Waals surface area contributed by atoms with Gasteiger partial charge < -0.3 is 81.9 Å². The first-order valence-electron chi connectivity index (χ1n) is 28.0. The van der Waals surface area contributed by atoms with Crippen molar-refractivity contribution in [3.63, 3.8) is 0 Å². The van der Waals surface area contributed by atoms with Gasteiger partial charge in [0.15, 0.2) is 0 Å². The Morgan fingerprint density at radius 1 is 0.292 bits per heavy atom. The maximum Gasteiger partial charge on any atom is 2.00 e. The first-order valence-corrected chi connectivity index (χ1v) is 31.5. The smallest absolute Gasteiger partial charge is 0.872 e. The molecule has 0 bridgehead atoms. The molecule has 0 aliphatic rings. The van der Waals surface area contributed by atoms with E-state index in [2.05, 4.69) is 243 Å². The van der Waals surface area contributed by atoms with Crippen molar-refractivity contribution < 1.29 is 126 Å². The van der Waals surface area contributed by atoms with Crippen LogP contribution in [-0.2, 0) is 66.4 Å². The van der Waals surface area contributed by atoms with Gasteiger partial charge in [-0.05, 0) is 132 Å². The van der Waals surface area contributed by atoms with Crippen LogP contribution in [0.15, 0.2) is 279 Å². The Hall–Kier alpha value is -9.72. The number of carboxylic acid groups (broad SMARTS) is 6. The van der Waals surface area contributed by atoms with Crippen LogP contribution in [0.5, 0.6) is 11.5 Å². The van der Waals surface area contributed by atoms with Gasteiger partial charge in [0.25, 0.3) is 0 Å². The number of carbonyl (C=O) groups excluding carboxylic acids is 4. The van der Waals surface area contributed by atoms with Gasteiger partial charge in [-0.3, -0.25) is 9.80 Å². The molecule has 0 amide bonds. The Bertz CT molecular complexity index is 3360. The Kier molecular flexibility index (Phi) is 36.8. The molecule has 0 saturated heterocycles. The molecule has 0 aromatic heterocycles.